The van der Waals surface area contributed by atoms with E-state index in [1.54, 1.807) is 11.8 Å². The lowest BCUT2D eigenvalue weighted by molar-refractivity contribution is -0.122. The van der Waals surface area contributed by atoms with E-state index in [2.05, 4.69) is 74.2 Å². The number of aryl methyl sites for hydroxylation is 2. The van der Waals surface area contributed by atoms with Crippen molar-refractivity contribution >= 4 is 46.0 Å². The number of carbonyl (C=O) groups excluding carboxylic acids is 1. The molecule has 4 nitrogen and oxygen atoms in total. The van der Waals surface area contributed by atoms with E-state index in [-0.39, 0.29) is 5.91 Å². The van der Waals surface area contributed by atoms with Gasteiger partial charge in [-0.3, -0.25) is 9.69 Å². The quantitative estimate of drug-likeness (QED) is 0.368. The van der Waals surface area contributed by atoms with Crippen LogP contribution in [0.5, 0.6) is 0 Å². The highest BCUT2D eigenvalue weighted by Crippen LogP contribution is 2.50. The predicted molar refractivity (Wildman–Crippen MR) is 145 cm³/mol. The minimum Gasteiger partial charge on any atom is -0.334 e. The Kier molecular flexibility index (Phi) is 6.53. The minimum absolute atomic E-state index is 0.0391. The zero-order chi connectivity index (χ0) is 23.7. The Bertz CT molecular complexity index is 1300. The van der Waals surface area contributed by atoms with Crippen molar-refractivity contribution in [2.45, 2.75) is 32.1 Å². The molecule has 0 bridgehead atoms. The summed E-state index contributed by atoms with van der Waals surface area (Å²) in [5, 5.41) is 1.76. The molecule has 34 heavy (non-hydrogen) atoms. The van der Waals surface area contributed by atoms with Gasteiger partial charge in [-0.25, -0.2) is 4.99 Å². The maximum Gasteiger partial charge on any atom is 0.269 e. The standard InChI is InChI=1S/C28H27N3OS2/c1-4-30-23-12-8-9-13-24(23)33-27(30)25-26(32)31(17-16-21-10-6-5-7-11-21)28(34-25)29-22-15-14-19(2)20(3)18-22/h5-15,18H,4,16-17H2,1-3H3. The van der Waals surface area contributed by atoms with Crippen molar-refractivity contribution in [3.05, 3.63) is 99.4 Å². The SMILES string of the molecule is CCN1C(=C2SC(=Nc3ccc(C)c(C)c3)N(CCc3ccccc3)C2=O)Sc2ccccc21. The van der Waals surface area contributed by atoms with E-state index in [9.17, 15) is 4.79 Å². The van der Waals surface area contributed by atoms with Crippen molar-refractivity contribution in [3.8, 4) is 0 Å². The topological polar surface area (TPSA) is 35.9 Å². The van der Waals surface area contributed by atoms with Crippen LogP contribution in [0.15, 0.2) is 92.6 Å². The second kappa shape index (κ2) is 9.72. The average molecular weight is 486 g/mol. The Labute approximate surface area is 209 Å². The number of benzene rings is 3. The number of amides is 1. The highest BCUT2D eigenvalue weighted by atomic mass is 32.2. The number of rotatable bonds is 5. The number of para-hydroxylation sites is 1. The second-order valence-corrected chi connectivity index (χ2v) is 10.4. The summed E-state index contributed by atoms with van der Waals surface area (Å²) >= 11 is 3.18. The Balaban J connectivity index is 1.52. The monoisotopic (exact) mass is 485 g/mol. The van der Waals surface area contributed by atoms with Gasteiger partial charge < -0.3 is 4.90 Å². The van der Waals surface area contributed by atoms with E-state index >= 15 is 0 Å². The van der Waals surface area contributed by atoms with Crippen LogP contribution in [0.3, 0.4) is 0 Å². The largest absolute Gasteiger partial charge is 0.334 e. The first kappa shape index (κ1) is 22.8. The summed E-state index contributed by atoms with van der Waals surface area (Å²) in [6, 6.07) is 24.9. The molecule has 0 spiro atoms. The van der Waals surface area contributed by atoms with E-state index in [0.29, 0.717) is 6.54 Å². The number of hydrogen-bond donors (Lipinski definition) is 0. The molecule has 0 radical (unpaired) electrons. The van der Waals surface area contributed by atoms with E-state index < -0.39 is 0 Å². The van der Waals surface area contributed by atoms with E-state index in [1.165, 1.54) is 39.0 Å². The molecule has 1 amide bonds. The molecule has 172 valence electrons. The van der Waals surface area contributed by atoms with Gasteiger partial charge in [-0.15, -0.1) is 0 Å². The molecule has 3 aromatic carbocycles. The van der Waals surface area contributed by atoms with Gasteiger partial charge >= 0.3 is 0 Å². The highest BCUT2D eigenvalue weighted by molar-refractivity contribution is 8.19. The first-order valence-electron chi connectivity index (χ1n) is 11.5. The Hall–Kier alpha value is -2.96. The first-order chi connectivity index (χ1) is 16.5. The van der Waals surface area contributed by atoms with Gasteiger partial charge in [0.05, 0.1) is 11.4 Å². The summed E-state index contributed by atoms with van der Waals surface area (Å²) in [4.78, 5) is 24.8. The molecule has 5 rings (SSSR count). The third-order valence-electron chi connectivity index (χ3n) is 6.16. The van der Waals surface area contributed by atoms with Crippen LogP contribution in [-0.2, 0) is 11.2 Å². The minimum atomic E-state index is 0.0391. The molecule has 0 unspecified atom stereocenters. The predicted octanol–water partition coefficient (Wildman–Crippen LogP) is 6.91. The van der Waals surface area contributed by atoms with Gasteiger partial charge in [0.1, 0.15) is 9.93 Å². The average Bonchev–Trinajstić information content (AvgIpc) is 3.37. The van der Waals surface area contributed by atoms with Crippen LogP contribution in [-0.4, -0.2) is 29.1 Å². The molecular formula is C28H27N3OS2. The zero-order valence-electron chi connectivity index (χ0n) is 19.6. The third kappa shape index (κ3) is 4.40. The summed E-state index contributed by atoms with van der Waals surface area (Å²) in [5.41, 5.74) is 5.70. The van der Waals surface area contributed by atoms with Crippen LogP contribution in [0.4, 0.5) is 11.4 Å². The second-order valence-electron chi connectivity index (χ2n) is 8.41. The molecule has 0 aromatic heterocycles. The van der Waals surface area contributed by atoms with Gasteiger partial charge in [-0.1, -0.05) is 60.3 Å². The molecule has 1 fully saturated rings. The van der Waals surface area contributed by atoms with E-state index in [4.69, 9.17) is 4.99 Å². The molecule has 6 heteroatoms. The van der Waals surface area contributed by atoms with Gasteiger partial charge in [0.15, 0.2) is 5.17 Å². The van der Waals surface area contributed by atoms with E-state index in [1.807, 2.05) is 29.2 Å². The van der Waals surface area contributed by atoms with Crippen molar-refractivity contribution in [2.24, 2.45) is 4.99 Å². The Morgan fingerprint density at radius 1 is 0.853 bits per heavy atom. The molecular weight excluding hydrogens is 458 g/mol. The molecule has 2 aliphatic rings. The lowest BCUT2D eigenvalue weighted by atomic mass is 10.1. The van der Waals surface area contributed by atoms with Crippen LogP contribution >= 0.6 is 23.5 Å². The summed E-state index contributed by atoms with van der Waals surface area (Å²) in [6.07, 6.45) is 0.784. The number of aliphatic imine (C=N–C) groups is 1. The van der Waals surface area contributed by atoms with Crippen molar-refractivity contribution in [2.75, 3.05) is 18.0 Å². The highest BCUT2D eigenvalue weighted by Gasteiger charge is 2.39. The maximum atomic E-state index is 13.8. The zero-order valence-corrected chi connectivity index (χ0v) is 21.2. The fraction of sp³-hybridized carbons (Fsp3) is 0.214. The molecule has 2 heterocycles. The smallest absolute Gasteiger partial charge is 0.269 e. The molecule has 1 saturated heterocycles. The van der Waals surface area contributed by atoms with Crippen molar-refractivity contribution < 1.29 is 4.79 Å². The van der Waals surface area contributed by atoms with Crippen molar-refractivity contribution in [3.63, 3.8) is 0 Å². The Morgan fingerprint density at radius 2 is 1.62 bits per heavy atom. The molecule has 0 saturated carbocycles. The summed E-state index contributed by atoms with van der Waals surface area (Å²) in [7, 11) is 0. The molecule has 0 aliphatic carbocycles. The molecule has 0 N–H and O–H groups in total. The summed E-state index contributed by atoms with van der Waals surface area (Å²) in [5.74, 6) is 0.0391. The summed E-state index contributed by atoms with van der Waals surface area (Å²) < 4.78 is 0. The van der Waals surface area contributed by atoms with Crippen LogP contribution in [0, 0.1) is 13.8 Å². The number of thioether (sulfide) groups is 2. The van der Waals surface area contributed by atoms with Gasteiger partial charge in [0.25, 0.3) is 5.91 Å². The number of carbonyl (C=O) groups is 1. The number of hydrogen-bond acceptors (Lipinski definition) is 5. The van der Waals surface area contributed by atoms with Gasteiger partial charge in [-0.2, -0.15) is 0 Å². The van der Waals surface area contributed by atoms with Gasteiger partial charge in [-0.05, 0) is 79.9 Å². The van der Waals surface area contributed by atoms with E-state index in [0.717, 1.165) is 33.8 Å². The summed E-state index contributed by atoms with van der Waals surface area (Å²) in [6.45, 7) is 7.73. The van der Waals surface area contributed by atoms with Crippen LogP contribution in [0.1, 0.15) is 23.6 Å². The lowest BCUT2D eigenvalue weighted by Gasteiger charge is -2.19. The molecule has 0 atom stereocenters. The van der Waals surface area contributed by atoms with Gasteiger partial charge in [0, 0.05) is 18.0 Å². The van der Waals surface area contributed by atoms with Crippen molar-refractivity contribution in [1.82, 2.24) is 4.90 Å². The molecule has 3 aromatic rings. The van der Waals surface area contributed by atoms with Crippen LogP contribution < -0.4 is 4.90 Å². The maximum absolute atomic E-state index is 13.8. The fourth-order valence-electron chi connectivity index (χ4n) is 4.12. The number of anilines is 1. The lowest BCUT2D eigenvalue weighted by Crippen LogP contribution is -2.32. The Morgan fingerprint density at radius 3 is 2.38 bits per heavy atom. The molecule has 2 aliphatic heterocycles. The number of nitrogens with zero attached hydrogens (tertiary/aromatic N) is 3. The fourth-order valence-corrected chi connectivity index (χ4v) is 6.54. The number of fused-ring (bicyclic) bond motifs is 1. The van der Waals surface area contributed by atoms with Crippen LogP contribution in [0.25, 0.3) is 0 Å². The van der Waals surface area contributed by atoms with Gasteiger partial charge in [0.2, 0.25) is 0 Å². The van der Waals surface area contributed by atoms with Crippen molar-refractivity contribution in [1.29, 1.82) is 0 Å². The normalized spacial score (nSPS) is 18.8. The van der Waals surface area contributed by atoms with Crippen LogP contribution in [0.2, 0.25) is 0 Å². The number of amidine groups is 1. The third-order valence-corrected chi connectivity index (χ3v) is 8.54. The first-order valence-corrected chi connectivity index (χ1v) is 13.2.